The van der Waals surface area contributed by atoms with Crippen LogP contribution in [0.5, 0.6) is 0 Å². The van der Waals surface area contributed by atoms with Gasteiger partial charge in [-0.1, -0.05) is 18.3 Å². The molecule has 5 N–H and O–H groups in total. The van der Waals surface area contributed by atoms with Crippen molar-refractivity contribution in [2.24, 2.45) is 5.92 Å². The second-order valence-electron chi connectivity index (χ2n) is 6.88. The van der Waals surface area contributed by atoms with Gasteiger partial charge in [0, 0.05) is 5.92 Å². The first-order valence-corrected chi connectivity index (χ1v) is 8.91. The molecule has 1 unspecified atom stereocenters. The van der Waals surface area contributed by atoms with Crippen LogP contribution in [0.25, 0.3) is 10.3 Å². The van der Waals surface area contributed by atoms with Gasteiger partial charge in [0.25, 0.3) is 5.56 Å². The fourth-order valence-corrected chi connectivity index (χ4v) is 4.10. The summed E-state index contributed by atoms with van der Waals surface area (Å²) in [5.74, 6) is -0.566. The number of H-pyrrole nitrogens is 1. The van der Waals surface area contributed by atoms with Gasteiger partial charge in [-0.25, -0.2) is 0 Å². The number of nitrogens with zero attached hydrogens (tertiary/aromatic N) is 2. The van der Waals surface area contributed by atoms with Crippen molar-refractivity contribution < 1.29 is 14.9 Å². The van der Waals surface area contributed by atoms with Crippen molar-refractivity contribution in [3.63, 3.8) is 0 Å². The van der Waals surface area contributed by atoms with Crippen LogP contribution in [0.3, 0.4) is 0 Å². The lowest BCUT2D eigenvalue weighted by Gasteiger charge is -2.29. The highest BCUT2D eigenvalue weighted by atomic mass is 32.1. The summed E-state index contributed by atoms with van der Waals surface area (Å²) >= 11 is 0.750. The SMILES string of the molecule is CC[C@H](O)C1C[C@@H](C(C)(C)O)[C@H](n2c(=O)sc3c(=O)[nH]c(N)nc32)O1. The van der Waals surface area contributed by atoms with E-state index in [1.807, 2.05) is 6.92 Å². The Kier molecular flexibility index (Phi) is 4.48. The number of nitrogens with one attached hydrogen (secondary N) is 1. The van der Waals surface area contributed by atoms with E-state index in [-0.39, 0.29) is 16.3 Å². The van der Waals surface area contributed by atoms with Crippen LogP contribution in [0.1, 0.15) is 39.8 Å². The zero-order valence-electron chi connectivity index (χ0n) is 14.2. The van der Waals surface area contributed by atoms with Crippen molar-refractivity contribution in [1.29, 1.82) is 0 Å². The van der Waals surface area contributed by atoms with Crippen molar-refractivity contribution >= 4 is 27.6 Å². The largest absolute Gasteiger partial charge is 0.390 e. The predicted octanol–water partition coefficient (Wildman–Crippen LogP) is 0.174. The Balaban J connectivity index is 2.16. The maximum absolute atomic E-state index is 12.5. The monoisotopic (exact) mass is 370 g/mol. The third kappa shape index (κ3) is 3.10. The van der Waals surface area contributed by atoms with E-state index in [1.165, 1.54) is 4.57 Å². The van der Waals surface area contributed by atoms with E-state index in [1.54, 1.807) is 13.8 Å². The summed E-state index contributed by atoms with van der Waals surface area (Å²) in [6.07, 6.45) is -1.21. The van der Waals surface area contributed by atoms with Gasteiger partial charge in [0.2, 0.25) is 5.95 Å². The van der Waals surface area contributed by atoms with E-state index >= 15 is 0 Å². The number of rotatable bonds is 4. The summed E-state index contributed by atoms with van der Waals surface area (Å²) in [4.78, 5) is 30.6. The topological polar surface area (TPSA) is 143 Å². The van der Waals surface area contributed by atoms with Crippen molar-refractivity contribution in [2.45, 2.75) is 57.6 Å². The van der Waals surface area contributed by atoms with Crippen LogP contribution < -0.4 is 16.2 Å². The molecule has 1 saturated heterocycles. The number of aromatic nitrogens is 3. The molecule has 0 aromatic carbocycles. The van der Waals surface area contributed by atoms with Gasteiger partial charge in [-0.15, -0.1) is 0 Å². The molecule has 4 atom stereocenters. The Labute approximate surface area is 147 Å². The number of nitrogen functional groups attached to an aromatic ring is 1. The smallest absolute Gasteiger partial charge is 0.311 e. The normalized spacial score (nSPS) is 25.6. The number of thiazole rings is 1. The van der Waals surface area contributed by atoms with Gasteiger partial charge in [0.15, 0.2) is 5.65 Å². The molecule has 0 bridgehead atoms. The maximum Gasteiger partial charge on any atom is 0.311 e. The number of ether oxygens (including phenoxy) is 1. The van der Waals surface area contributed by atoms with Crippen molar-refractivity contribution in [3.8, 4) is 0 Å². The molecule has 138 valence electrons. The molecule has 1 fully saturated rings. The lowest BCUT2D eigenvalue weighted by atomic mass is 9.86. The first-order valence-electron chi connectivity index (χ1n) is 8.10. The van der Waals surface area contributed by atoms with Crippen LogP contribution >= 0.6 is 11.3 Å². The van der Waals surface area contributed by atoms with Crippen molar-refractivity contribution in [3.05, 3.63) is 20.0 Å². The minimum absolute atomic E-state index is 0.105. The minimum Gasteiger partial charge on any atom is -0.390 e. The molecule has 0 amide bonds. The number of fused-ring (bicyclic) bond motifs is 1. The number of nitrogens with two attached hydrogens (primary N) is 1. The molecule has 0 spiro atoms. The summed E-state index contributed by atoms with van der Waals surface area (Å²) in [6.45, 7) is 5.08. The summed E-state index contributed by atoms with van der Waals surface area (Å²) in [5.41, 5.74) is 4.08. The number of aliphatic hydroxyl groups is 2. The van der Waals surface area contributed by atoms with E-state index in [2.05, 4.69) is 9.97 Å². The molecule has 0 saturated carbocycles. The lowest BCUT2D eigenvalue weighted by Crippen LogP contribution is -2.37. The Hall–Kier alpha value is -1.75. The Bertz CT molecular complexity index is 896. The fourth-order valence-electron chi connectivity index (χ4n) is 3.26. The third-order valence-corrected chi connectivity index (χ3v) is 5.59. The van der Waals surface area contributed by atoms with Crippen LogP contribution in [0.4, 0.5) is 5.95 Å². The standard InChI is InChI=1S/C15H22N4O5S/c1-4-7(20)8-5-6(15(2,3)23)12(24-8)19-10-9(25-14(19)22)11(21)18-13(16)17-10/h6-8,12,20,23H,4-5H2,1-3H3,(H3,16,17,18,21)/t6-,7+,8?,12-/m1/s1. The zero-order valence-corrected chi connectivity index (χ0v) is 15.0. The molecule has 2 aromatic rings. The van der Waals surface area contributed by atoms with E-state index < -0.39 is 40.4 Å². The summed E-state index contributed by atoms with van der Waals surface area (Å²) in [5, 5.41) is 20.7. The molecule has 3 rings (SSSR count). The average molecular weight is 370 g/mol. The Morgan fingerprint density at radius 1 is 1.52 bits per heavy atom. The van der Waals surface area contributed by atoms with Gasteiger partial charge < -0.3 is 20.7 Å². The minimum atomic E-state index is -1.16. The highest BCUT2D eigenvalue weighted by Crippen LogP contribution is 2.42. The van der Waals surface area contributed by atoms with Gasteiger partial charge in [0.1, 0.15) is 10.9 Å². The van der Waals surface area contributed by atoms with E-state index in [0.717, 1.165) is 11.3 Å². The second-order valence-corrected chi connectivity index (χ2v) is 7.84. The molecular weight excluding hydrogens is 348 g/mol. The van der Waals surface area contributed by atoms with Crippen LogP contribution in [0, 0.1) is 5.92 Å². The van der Waals surface area contributed by atoms with Gasteiger partial charge in [-0.05, 0) is 26.7 Å². The highest BCUT2D eigenvalue weighted by molar-refractivity contribution is 7.16. The van der Waals surface area contributed by atoms with Crippen LogP contribution in [-0.2, 0) is 4.74 Å². The second kappa shape index (κ2) is 6.20. The van der Waals surface area contributed by atoms with Crippen molar-refractivity contribution in [2.75, 3.05) is 5.73 Å². The van der Waals surface area contributed by atoms with Crippen molar-refractivity contribution in [1.82, 2.24) is 14.5 Å². The van der Waals surface area contributed by atoms with E-state index in [4.69, 9.17) is 10.5 Å². The molecule has 9 nitrogen and oxygen atoms in total. The highest BCUT2D eigenvalue weighted by Gasteiger charge is 2.47. The van der Waals surface area contributed by atoms with Crippen LogP contribution in [-0.4, -0.2) is 42.6 Å². The van der Waals surface area contributed by atoms with Crippen LogP contribution in [0.2, 0.25) is 0 Å². The quantitative estimate of drug-likeness (QED) is 0.601. The number of aliphatic hydroxyl groups excluding tert-OH is 1. The number of hydrogen-bond acceptors (Lipinski definition) is 8. The average Bonchev–Trinajstić information content (AvgIpc) is 3.07. The number of anilines is 1. The van der Waals surface area contributed by atoms with E-state index in [0.29, 0.717) is 12.8 Å². The van der Waals surface area contributed by atoms with Gasteiger partial charge in [0.05, 0.1) is 17.8 Å². The van der Waals surface area contributed by atoms with Gasteiger partial charge >= 0.3 is 4.87 Å². The van der Waals surface area contributed by atoms with Gasteiger partial charge in [-0.3, -0.25) is 19.1 Å². The zero-order chi connectivity index (χ0) is 18.5. The lowest BCUT2D eigenvalue weighted by molar-refractivity contribution is -0.0882. The molecule has 0 aliphatic carbocycles. The molecule has 10 heteroatoms. The molecule has 25 heavy (non-hydrogen) atoms. The summed E-state index contributed by atoms with van der Waals surface area (Å²) in [6, 6.07) is 0. The third-order valence-electron chi connectivity index (χ3n) is 4.65. The van der Waals surface area contributed by atoms with Crippen LogP contribution in [0.15, 0.2) is 9.59 Å². The molecular formula is C15H22N4O5S. The summed E-state index contributed by atoms with van der Waals surface area (Å²) < 4.78 is 7.34. The first-order chi connectivity index (χ1) is 11.6. The molecule has 3 heterocycles. The number of hydrogen-bond donors (Lipinski definition) is 4. The van der Waals surface area contributed by atoms with E-state index in [9.17, 15) is 19.8 Å². The molecule has 0 radical (unpaired) electrons. The Morgan fingerprint density at radius 3 is 2.80 bits per heavy atom. The fraction of sp³-hybridized carbons (Fsp3) is 0.667. The predicted molar refractivity (Wildman–Crippen MR) is 93.5 cm³/mol. The first kappa shape index (κ1) is 18.1. The van der Waals surface area contributed by atoms with Gasteiger partial charge in [-0.2, -0.15) is 4.98 Å². The molecule has 1 aliphatic heterocycles. The Morgan fingerprint density at radius 2 is 2.20 bits per heavy atom. The maximum atomic E-state index is 12.5. The number of aromatic amines is 1. The molecule has 2 aromatic heterocycles. The summed E-state index contributed by atoms with van der Waals surface area (Å²) in [7, 11) is 0. The molecule has 1 aliphatic rings.